The van der Waals surface area contributed by atoms with Crippen molar-refractivity contribution in [3.8, 4) is 11.3 Å². The first-order valence-corrected chi connectivity index (χ1v) is 9.63. The molecule has 0 spiro atoms. The number of hydrazone groups is 1. The molecule has 0 aliphatic heterocycles. The van der Waals surface area contributed by atoms with Gasteiger partial charge in [-0.3, -0.25) is 9.89 Å². The second-order valence-corrected chi connectivity index (χ2v) is 6.88. The second kappa shape index (κ2) is 8.10. The Kier molecular flexibility index (Phi) is 5.20. The topological polar surface area (TPSA) is 70.1 Å². The molecule has 29 heavy (non-hydrogen) atoms. The summed E-state index contributed by atoms with van der Waals surface area (Å²) in [5, 5.41) is 13.6. The number of fused-ring (bicyclic) bond motifs is 1. The number of hydrogen-bond acceptors (Lipinski definition) is 3. The van der Waals surface area contributed by atoms with Crippen molar-refractivity contribution >= 4 is 22.4 Å². The zero-order valence-electron chi connectivity index (χ0n) is 16.4. The summed E-state index contributed by atoms with van der Waals surface area (Å²) in [6, 6.07) is 24.1. The van der Waals surface area contributed by atoms with Crippen LogP contribution in [0.4, 0.5) is 0 Å². The predicted octanol–water partition coefficient (Wildman–Crippen LogP) is 4.95. The largest absolute Gasteiger partial charge is 0.289 e. The smallest absolute Gasteiger partial charge is 0.272 e. The third-order valence-electron chi connectivity index (χ3n) is 4.99. The van der Waals surface area contributed by atoms with Gasteiger partial charge in [-0.25, -0.2) is 5.43 Å². The van der Waals surface area contributed by atoms with E-state index < -0.39 is 0 Å². The van der Waals surface area contributed by atoms with Gasteiger partial charge in [0.15, 0.2) is 0 Å². The first kappa shape index (κ1) is 18.6. The lowest BCUT2D eigenvalue weighted by Crippen LogP contribution is -2.19. The van der Waals surface area contributed by atoms with Crippen LogP contribution >= 0.6 is 0 Å². The van der Waals surface area contributed by atoms with E-state index in [1.54, 1.807) is 6.07 Å². The zero-order valence-corrected chi connectivity index (χ0v) is 16.4. The maximum Gasteiger partial charge on any atom is 0.289 e. The Labute approximate surface area is 169 Å². The molecular weight excluding hydrogens is 360 g/mol. The highest BCUT2D eigenvalue weighted by Gasteiger charge is 2.11. The molecule has 4 aromatic rings. The molecule has 0 atom stereocenters. The minimum atomic E-state index is -0.325. The Morgan fingerprint density at radius 1 is 1.03 bits per heavy atom. The highest BCUT2D eigenvalue weighted by atomic mass is 16.2. The maximum atomic E-state index is 12.5. The number of aromatic nitrogens is 2. The number of hydrogen-bond donors (Lipinski definition) is 2. The summed E-state index contributed by atoms with van der Waals surface area (Å²) in [6.07, 6.45) is 0.989. The lowest BCUT2D eigenvalue weighted by Gasteiger charge is -2.06. The van der Waals surface area contributed by atoms with Crippen LogP contribution in [0.3, 0.4) is 0 Å². The number of amides is 1. The van der Waals surface area contributed by atoms with Gasteiger partial charge in [0, 0.05) is 11.1 Å². The zero-order chi connectivity index (χ0) is 20.2. The molecule has 0 saturated heterocycles. The average Bonchev–Trinajstić information content (AvgIpc) is 3.27. The van der Waals surface area contributed by atoms with E-state index in [9.17, 15) is 4.79 Å². The van der Waals surface area contributed by atoms with Gasteiger partial charge in [0.2, 0.25) is 0 Å². The predicted molar refractivity (Wildman–Crippen MR) is 117 cm³/mol. The van der Waals surface area contributed by atoms with E-state index in [1.807, 2.05) is 43.3 Å². The van der Waals surface area contributed by atoms with E-state index in [1.165, 1.54) is 5.56 Å². The Morgan fingerprint density at radius 3 is 2.59 bits per heavy atom. The van der Waals surface area contributed by atoms with E-state index in [2.05, 4.69) is 58.0 Å². The van der Waals surface area contributed by atoms with Crippen LogP contribution in [0, 0.1) is 0 Å². The Hall–Kier alpha value is -3.73. The molecule has 1 aromatic heterocycles. The molecule has 0 aliphatic carbocycles. The molecule has 0 bridgehead atoms. The number of nitrogens with one attached hydrogen (secondary N) is 2. The number of nitrogens with zero attached hydrogens (tertiary/aromatic N) is 2. The third-order valence-corrected chi connectivity index (χ3v) is 4.99. The van der Waals surface area contributed by atoms with Crippen LogP contribution in [0.2, 0.25) is 0 Å². The Bertz CT molecular complexity index is 1180. The van der Waals surface area contributed by atoms with E-state index in [0.29, 0.717) is 5.69 Å². The second-order valence-electron chi connectivity index (χ2n) is 6.88. The van der Waals surface area contributed by atoms with Crippen LogP contribution in [-0.4, -0.2) is 21.8 Å². The number of rotatable bonds is 5. The summed E-state index contributed by atoms with van der Waals surface area (Å²) in [7, 11) is 0. The van der Waals surface area contributed by atoms with Gasteiger partial charge in [-0.1, -0.05) is 73.7 Å². The van der Waals surface area contributed by atoms with Crippen LogP contribution in [0.15, 0.2) is 77.9 Å². The molecule has 5 heteroatoms. The molecule has 5 nitrogen and oxygen atoms in total. The standard InChI is InChI=1S/C24H22N4O/c1-3-17-11-13-19(14-12-17)22-15-23(27-26-22)24(29)28-25-16(2)20-10-6-8-18-7-4-5-9-21(18)20/h4-15H,3H2,1-2H3,(H,26,27)(H,28,29). The van der Waals surface area contributed by atoms with Crippen LogP contribution < -0.4 is 5.43 Å². The SMILES string of the molecule is CCc1ccc(-c2cc(C(=O)NN=C(C)c3cccc4ccccc34)[nH]n2)cc1. The number of carbonyl (C=O) groups excluding carboxylic acids is 1. The van der Waals surface area contributed by atoms with Crippen LogP contribution in [0.5, 0.6) is 0 Å². The molecule has 2 N–H and O–H groups in total. The monoisotopic (exact) mass is 382 g/mol. The van der Waals surface area contributed by atoms with Crippen LogP contribution in [0.1, 0.15) is 35.5 Å². The molecule has 144 valence electrons. The summed E-state index contributed by atoms with van der Waals surface area (Å²) in [5.74, 6) is -0.325. The third kappa shape index (κ3) is 3.94. The summed E-state index contributed by atoms with van der Waals surface area (Å²) < 4.78 is 0. The minimum Gasteiger partial charge on any atom is -0.272 e. The quantitative estimate of drug-likeness (QED) is 0.379. The summed E-state index contributed by atoms with van der Waals surface area (Å²) in [4.78, 5) is 12.5. The average molecular weight is 382 g/mol. The van der Waals surface area contributed by atoms with Crippen LogP contribution in [0.25, 0.3) is 22.0 Å². The first-order valence-electron chi connectivity index (χ1n) is 9.63. The van der Waals surface area contributed by atoms with Gasteiger partial charge >= 0.3 is 0 Å². The molecule has 4 rings (SSSR count). The summed E-state index contributed by atoms with van der Waals surface area (Å²) in [6.45, 7) is 4.00. The summed E-state index contributed by atoms with van der Waals surface area (Å²) in [5.41, 5.74) is 7.68. The molecule has 1 heterocycles. The van der Waals surface area contributed by atoms with E-state index >= 15 is 0 Å². The van der Waals surface area contributed by atoms with Crippen molar-refractivity contribution in [1.82, 2.24) is 15.6 Å². The fourth-order valence-corrected chi connectivity index (χ4v) is 3.29. The van der Waals surface area contributed by atoms with E-state index in [4.69, 9.17) is 0 Å². The van der Waals surface area contributed by atoms with Gasteiger partial charge in [0.05, 0.1) is 11.4 Å². The highest BCUT2D eigenvalue weighted by Crippen LogP contribution is 2.20. The van der Waals surface area contributed by atoms with Crippen molar-refractivity contribution < 1.29 is 4.79 Å². The molecule has 3 aromatic carbocycles. The van der Waals surface area contributed by atoms with Crippen molar-refractivity contribution in [2.75, 3.05) is 0 Å². The van der Waals surface area contributed by atoms with Gasteiger partial charge in [-0.2, -0.15) is 10.2 Å². The van der Waals surface area contributed by atoms with Crippen molar-refractivity contribution in [3.63, 3.8) is 0 Å². The van der Waals surface area contributed by atoms with E-state index in [-0.39, 0.29) is 5.91 Å². The van der Waals surface area contributed by atoms with Crippen molar-refractivity contribution in [2.24, 2.45) is 5.10 Å². The maximum absolute atomic E-state index is 12.5. The Balaban J connectivity index is 1.51. The van der Waals surface area contributed by atoms with Gasteiger partial charge in [0.1, 0.15) is 5.69 Å². The van der Waals surface area contributed by atoms with Crippen LogP contribution in [-0.2, 0) is 6.42 Å². The van der Waals surface area contributed by atoms with Gasteiger partial charge in [-0.05, 0) is 35.7 Å². The molecule has 0 radical (unpaired) electrons. The van der Waals surface area contributed by atoms with Crippen molar-refractivity contribution in [2.45, 2.75) is 20.3 Å². The fraction of sp³-hybridized carbons (Fsp3) is 0.125. The van der Waals surface area contributed by atoms with Gasteiger partial charge < -0.3 is 0 Å². The fourth-order valence-electron chi connectivity index (χ4n) is 3.29. The van der Waals surface area contributed by atoms with E-state index in [0.717, 1.165) is 39.7 Å². The van der Waals surface area contributed by atoms with Gasteiger partial charge in [0.25, 0.3) is 5.91 Å². The highest BCUT2D eigenvalue weighted by molar-refractivity contribution is 6.10. The number of carbonyl (C=O) groups is 1. The number of aromatic amines is 1. The number of aryl methyl sites for hydroxylation is 1. The molecule has 0 unspecified atom stereocenters. The normalized spacial score (nSPS) is 11.6. The Morgan fingerprint density at radius 2 is 1.79 bits per heavy atom. The molecule has 0 fully saturated rings. The number of benzene rings is 3. The van der Waals surface area contributed by atoms with Crippen molar-refractivity contribution in [3.05, 3.63) is 89.6 Å². The summed E-state index contributed by atoms with van der Waals surface area (Å²) >= 11 is 0. The van der Waals surface area contributed by atoms with Gasteiger partial charge in [-0.15, -0.1) is 0 Å². The molecule has 1 amide bonds. The first-order chi connectivity index (χ1) is 14.2. The molecule has 0 aliphatic rings. The molecule has 0 saturated carbocycles. The van der Waals surface area contributed by atoms with Crippen molar-refractivity contribution in [1.29, 1.82) is 0 Å². The minimum absolute atomic E-state index is 0.325. The number of H-pyrrole nitrogens is 1. The lowest BCUT2D eigenvalue weighted by molar-refractivity contribution is 0.0950. The lowest BCUT2D eigenvalue weighted by atomic mass is 10.0. The molecular formula is C24H22N4O.